The lowest BCUT2D eigenvalue weighted by Gasteiger charge is -2.40. The predicted octanol–water partition coefficient (Wildman–Crippen LogP) is 4.45. The lowest BCUT2D eigenvalue weighted by Crippen LogP contribution is -2.51. The van der Waals surface area contributed by atoms with E-state index in [4.69, 9.17) is 0 Å². The van der Waals surface area contributed by atoms with Crippen LogP contribution in [0.25, 0.3) is 0 Å². The standard InChI is InChI=1S/C18H26N2/c1-14(15-9-6-5-7-10-15)20-18(13-19)12-8-11-16(18)17(2,3)4/h5-7,9-10,14,16,20H,8,11-12H2,1-4H3. The minimum atomic E-state index is -0.381. The predicted molar refractivity (Wildman–Crippen MR) is 83.1 cm³/mol. The van der Waals surface area contributed by atoms with Crippen molar-refractivity contribution in [2.75, 3.05) is 0 Å². The first-order valence-corrected chi connectivity index (χ1v) is 7.63. The van der Waals surface area contributed by atoms with E-state index in [9.17, 15) is 5.26 Å². The Bertz CT molecular complexity index is 480. The van der Waals surface area contributed by atoms with Crippen LogP contribution in [0.15, 0.2) is 30.3 Å². The minimum Gasteiger partial charge on any atom is -0.292 e. The van der Waals surface area contributed by atoms with Gasteiger partial charge in [-0.2, -0.15) is 5.26 Å². The summed E-state index contributed by atoms with van der Waals surface area (Å²) in [6, 6.07) is 13.2. The van der Waals surface area contributed by atoms with E-state index in [0.29, 0.717) is 5.92 Å². The summed E-state index contributed by atoms with van der Waals surface area (Å²) in [4.78, 5) is 0. The second-order valence-corrected chi connectivity index (χ2v) is 7.17. The van der Waals surface area contributed by atoms with Gasteiger partial charge >= 0.3 is 0 Å². The summed E-state index contributed by atoms with van der Waals surface area (Å²) in [7, 11) is 0. The number of hydrogen-bond acceptors (Lipinski definition) is 2. The van der Waals surface area contributed by atoms with Crippen molar-refractivity contribution < 1.29 is 0 Å². The summed E-state index contributed by atoms with van der Waals surface area (Å²) in [5.74, 6) is 0.408. The van der Waals surface area contributed by atoms with Crippen molar-refractivity contribution in [1.29, 1.82) is 5.26 Å². The molecule has 0 heterocycles. The minimum absolute atomic E-state index is 0.162. The first-order valence-electron chi connectivity index (χ1n) is 7.63. The molecule has 0 spiro atoms. The molecule has 0 aromatic heterocycles. The molecule has 2 rings (SSSR count). The molecule has 1 aromatic carbocycles. The third-order valence-corrected chi connectivity index (χ3v) is 4.68. The Kier molecular flexibility index (Phi) is 4.20. The van der Waals surface area contributed by atoms with Crippen LogP contribution >= 0.6 is 0 Å². The maximum Gasteiger partial charge on any atom is 0.110 e. The fourth-order valence-electron chi connectivity index (χ4n) is 3.73. The molecule has 1 saturated carbocycles. The smallest absolute Gasteiger partial charge is 0.110 e. The van der Waals surface area contributed by atoms with Crippen LogP contribution in [0.3, 0.4) is 0 Å². The zero-order chi connectivity index (χ0) is 14.8. The molecule has 20 heavy (non-hydrogen) atoms. The quantitative estimate of drug-likeness (QED) is 0.881. The first kappa shape index (κ1) is 15.1. The van der Waals surface area contributed by atoms with E-state index in [1.165, 1.54) is 5.56 Å². The summed E-state index contributed by atoms with van der Waals surface area (Å²) >= 11 is 0. The Balaban J connectivity index is 2.22. The highest BCUT2D eigenvalue weighted by Gasteiger charge is 2.49. The molecule has 2 nitrogen and oxygen atoms in total. The van der Waals surface area contributed by atoms with E-state index in [1.54, 1.807) is 0 Å². The van der Waals surface area contributed by atoms with E-state index in [-0.39, 0.29) is 17.0 Å². The molecular weight excluding hydrogens is 244 g/mol. The molecule has 108 valence electrons. The molecule has 0 aliphatic heterocycles. The number of nitrogens with zero attached hydrogens (tertiary/aromatic N) is 1. The molecule has 0 bridgehead atoms. The maximum atomic E-state index is 9.83. The lowest BCUT2D eigenvalue weighted by atomic mass is 9.71. The van der Waals surface area contributed by atoms with Gasteiger partial charge in [0.2, 0.25) is 0 Å². The molecule has 3 atom stereocenters. The molecule has 1 fully saturated rings. The van der Waals surface area contributed by atoms with Crippen molar-refractivity contribution in [3.05, 3.63) is 35.9 Å². The van der Waals surface area contributed by atoms with Crippen molar-refractivity contribution in [3.8, 4) is 6.07 Å². The molecule has 1 aliphatic carbocycles. The number of benzene rings is 1. The summed E-state index contributed by atoms with van der Waals surface area (Å²) < 4.78 is 0. The van der Waals surface area contributed by atoms with Gasteiger partial charge in [0.1, 0.15) is 5.54 Å². The normalized spacial score (nSPS) is 28.1. The van der Waals surface area contributed by atoms with Crippen LogP contribution in [0.4, 0.5) is 0 Å². The van der Waals surface area contributed by atoms with E-state index in [2.05, 4.69) is 63.3 Å². The zero-order valence-electron chi connectivity index (χ0n) is 13.1. The Hall–Kier alpha value is -1.33. The molecule has 0 saturated heterocycles. The second-order valence-electron chi connectivity index (χ2n) is 7.17. The molecule has 1 N–H and O–H groups in total. The van der Waals surface area contributed by atoms with Crippen LogP contribution in [0.1, 0.15) is 58.6 Å². The van der Waals surface area contributed by atoms with Crippen LogP contribution in [0.2, 0.25) is 0 Å². The number of nitrogens with one attached hydrogen (secondary N) is 1. The molecule has 1 aromatic rings. The van der Waals surface area contributed by atoms with Crippen molar-refractivity contribution in [2.45, 2.75) is 58.5 Å². The van der Waals surface area contributed by atoms with Crippen LogP contribution in [0.5, 0.6) is 0 Å². The molecule has 2 heteroatoms. The van der Waals surface area contributed by atoms with Crippen LogP contribution in [-0.4, -0.2) is 5.54 Å². The van der Waals surface area contributed by atoms with E-state index >= 15 is 0 Å². The zero-order valence-corrected chi connectivity index (χ0v) is 13.1. The maximum absolute atomic E-state index is 9.83. The molecule has 1 aliphatic rings. The Morgan fingerprint density at radius 2 is 1.95 bits per heavy atom. The summed E-state index contributed by atoms with van der Waals surface area (Å²) in [6.07, 6.45) is 3.25. The van der Waals surface area contributed by atoms with E-state index in [0.717, 1.165) is 19.3 Å². The van der Waals surface area contributed by atoms with Crippen molar-refractivity contribution in [1.82, 2.24) is 5.32 Å². The van der Waals surface area contributed by atoms with Crippen molar-refractivity contribution in [3.63, 3.8) is 0 Å². The van der Waals surface area contributed by atoms with Gasteiger partial charge in [0.05, 0.1) is 6.07 Å². The topological polar surface area (TPSA) is 35.8 Å². The van der Waals surface area contributed by atoms with Crippen LogP contribution < -0.4 is 5.32 Å². The second kappa shape index (κ2) is 5.58. The highest BCUT2D eigenvalue weighted by atomic mass is 15.0. The third kappa shape index (κ3) is 2.88. The summed E-state index contributed by atoms with van der Waals surface area (Å²) in [5.41, 5.74) is 1.03. The van der Waals surface area contributed by atoms with Gasteiger partial charge in [-0.25, -0.2) is 0 Å². The molecule has 0 radical (unpaired) electrons. The van der Waals surface area contributed by atoms with Gasteiger partial charge in [-0.1, -0.05) is 57.5 Å². The average Bonchev–Trinajstić information content (AvgIpc) is 2.84. The Morgan fingerprint density at radius 3 is 2.50 bits per heavy atom. The third-order valence-electron chi connectivity index (χ3n) is 4.68. The van der Waals surface area contributed by atoms with E-state index < -0.39 is 0 Å². The van der Waals surface area contributed by atoms with Gasteiger partial charge in [-0.3, -0.25) is 5.32 Å². The van der Waals surface area contributed by atoms with Gasteiger partial charge in [0, 0.05) is 6.04 Å². The highest BCUT2D eigenvalue weighted by molar-refractivity contribution is 5.23. The van der Waals surface area contributed by atoms with Crippen molar-refractivity contribution >= 4 is 0 Å². The van der Waals surface area contributed by atoms with Gasteiger partial charge in [-0.05, 0) is 36.7 Å². The average molecular weight is 270 g/mol. The number of rotatable bonds is 3. The SMILES string of the molecule is CC(NC1(C#N)CCCC1C(C)(C)C)c1ccccc1. The fourth-order valence-corrected chi connectivity index (χ4v) is 3.73. The number of hydrogen-bond donors (Lipinski definition) is 1. The summed E-state index contributed by atoms with van der Waals surface area (Å²) in [5, 5.41) is 13.5. The van der Waals surface area contributed by atoms with Crippen LogP contribution in [0, 0.1) is 22.7 Å². The van der Waals surface area contributed by atoms with Gasteiger partial charge < -0.3 is 0 Å². The molecule has 0 amide bonds. The van der Waals surface area contributed by atoms with Crippen LogP contribution in [-0.2, 0) is 0 Å². The van der Waals surface area contributed by atoms with Gasteiger partial charge in [0.25, 0.3) is 0 Å². The van der Waals surface area contributed by atoms with Crippen molar-refractivity contribution in [2.24, 2.45) is 11.3 Å². The van der Waals surface area contributed by atoms with E-state index in [1.807, 2.05) is 6.07 Å². The molecule has 3 unspecified atom stereocenters. The van der Waals surface area contributed by atoms with Gasteiger partial charge in [-0.15, -0.1) is 0 Å². The monoisotopic (exact) mass is 270 g/mol. The Morgan fingerprint density at radius 1 is 1.30 bits per heavy atom. The first-order chi connectivity index (χ1) is 9.39. The molecular formula is C18H26N2. The highest BCUT2D eigenvalue weighted by Crippen LogP contribution is 2.46. The number of nitriles is 1. The largest absolute Gasteiger partial charge is 0.292 e. The van der Waals surface area contributed by atoms with Gasteiger partial charge in [0.15, 0.2) is 0 Å². The lowest BCUT2D eigenvalue weighted by molar-refractivity contribution is 0.153. The Labute approximate surface area is 123 Å². The fraction of sp³-hybridized carbons (Fsp3) is 0.611. The summed E-state index contributed by atoms with van der Waals surface area (Å²) in [6.45, 7) is 8.92.